The largest absolute Gasteiger partial charge is 0.494 e. The highest BCUT2D eigenvalue weighted by molar-refractivity contribution is 7.22. The number of nitrogens with two attached hydrogens (primary N) is 1. The number of ether oxygens (including phenoxy) is 1. The number of fused-ring (bicyclic) bond motifs is 1. The Kier molecular flexibility index (Phi) is 2.60. The molecular weight excluding hydrogens is 246 g/mol. The number of rotatable bonds is 2. The molecule has 0 amide bonds. The Hall–Kier alpha value is -2.14. The predicted octanol–water partition coefficient (Wildman–Crippen LogP) is 2.95. The smallest absolute Gasteiger partial charge is 0.181 e. The van der Waals surface area contributed by atoms with Gasteiger partial charge in [-0.2, -0.15) is 0 Å². The second kappa shape index (κ2) is 4.27. The fraction of sp³-hybridized carbons (Fsp3) is 0.0769. The summed E-state index contributed by atoms with van der Waals surface area (Å²) in [6.45, 7) is 0. The van der Waals surface area contributed by atoms with E-state index in [0.717, 1.165) is 27.1 Å². The number of anilines is 1. The van der Waals surface area contributed by atoms with Crippen molar-refractivity contribution in [3.8, 4) is 16.9 Å². The van der Waals surface area contributed by atoms with Crippen LogP contribution in [0.5, 0.6) is 5.75 Å². The highest BCUT2D eigenvalue weighted by Gasteiger charge is 2.12. The van der Waals surface area contributed by atoms with Gasteiger partial charge in [-0.1, -0.05) is 11.3 Å². The molecule has 0 saturated carbocycles. The van der Waals surface area contributed by atoms with E-state index in [2.05, 4.69) is 9.97 Å². The molecule has 0 unspecified atom stereocenters. The van der Waals surface area contributed by atoms with Gasteiger partial charge >= 0.3 is 0 Å². The number of hydrogen-bond acceptors (Lipinski definition) is 5. The van der Waals surface area contributed by atoms with Crippen LogP contribution in [-0.4, -0.2) is 17.1 Å². The minimum atomic E-state index is 0.546. The van der Waals surface area contributed by atoms with Gasteiger partial charge in [-0.05, 0) is 29.8 Å². The van der Waals surface area contributed by atoms with Crippen LogP contribution in [0.15, 0.2) is 36.7 Å². The highest BCUT2D eigenvalue weighted by Crippen LogP contribution is 2.38. The fourth-order valence-corrected chi connectivity index (χ4v) is 2.81. The lowest BCUT2D eigenvalue weighted by molar-refractivity contribution is 0.419. The fourth-order valence-electron chi connectivity index (χ4n) is 1.92. The maximum absolute atomic E-state index is 5.80. The van der Waals surface area contributed by atoms with Crippen molar-refractivity contribution in [1.82, 2.24) is 9.97 Å². The second-order valence-corrected chi connectivity index (χ2v) is 4.81. The highest BCUT2D eigenvalue weighted by atomic mass is 32.1. The monoisotopic (exact) mass is 257 g/mol. The number of nitrogens with zero attached hydrogens (tertiary/aromatic N) is 2. The normalized spacial score (nSPS) is 10.7. The van der Waals surface area contributed by atoms with Gasteiger partial charge in [0.1, 0.15) is 11.3 Å². The topological polar surface area (TPSA) is 61.0 Å². The molecular formula is C13H11N3OS. The Labute approximate surface area is 108 Å². The molecule has 0 spiro atoms. The lowest BCUT2D eigenvalue weighted by Crippen LogP contribution is -1.87. The van der Waals surface area contributed by atoms with Gasteiger partial charge in [0.2, 0.25) is 0 Å². The molecule has 1 aromatic carbocycles. The molecule has 0 radical (unpaired) electrons. The van der Waals surface area contributed by atoms with Gasteiger partial charge in [0.05, 0.1) is 11.8 Å². The Morgan fingerprint density at radius 1 is 1.17 bits per heavy atom. The number of nitrogen functional groups attached to an aromatic ring is 1. The number of aromatic nitrogens is 2. The van der Waals surface area contributed by atoms with Crippen LogP contribution in [0.1, 0.15) is 0 Å². The van der Waals surface area contributed by atoms with E-state index >= 15 is 0 Å². The molecule has 0 atom stereocenters. The van der Waals surface area contributed by atoms with Gasteiger partial charge in [-0.25, -0.2) is 4.98 Å². The molecule has 2 aromatic heterocycles. The number of hydrogen-bond donors (Lipinski definition) is 1. The Balaban J connectivity index is 2.31. The standard InChI is InChI=1S/C13H11N3OS/c1-17-10-3-2-9(8-4-6-15-7-5-8)12-11(10)16-13(14)18-12/h2-7H,1H3,(H2,14,16). The molecule has 2 heterocycles. The Morgan fingerprint density at radius 3 is 2.67 bits per heavy atom. The molecule has 0 aliphatic carbocycles. The van der Waals surface area contributed by atoms with Crippen LogP contribution in [0.3, 0.4) is 0 Å². The van der Waals surface area contributed by atoms with Crippen LogP contribution in [0.4, 0.5) is 5.13 Å². The second-order valence-electron chi connectivity index (χ2n) is 3.78. The van der Waals surface area contributed by atoms with Gasteiger partial charge in [0, 0.05) is 18.0 Å². The van der Waals surface area contributed by atoms with Crippen molar-refractivity contribution in [2.24, 2.45) is 0 Å². The first-order valence-electron chi connectivity index (χ1n) is 5.43. The minimum absolute atomic E-state index is 0.546. The first-order valence-corrected chi connectivity index (χ1v) is 6.24. The van der Waals surface area contributed by atoms with Crippen molar-refractivity contribution in [2.75, 3.05) is 12.8 Å². The number of pyridine rings is 1. The average molecular weight is 257 g/mol. The van der Waals surface area contributed by atoms with Crippen LogP contribution in [-0.2, 0) is 0 Å². The van der Waals surface area contributed by atoms with Crippen LogP contribution >= 0.6 is 11.3 Å². The van der Waals surface area contributed by atoms with E-state index in [-0.39, 0.29) is 0 Å². The summed E-state index contributed by atoms with van der Waals surface area (Å²) in [6, 6.07) is 7.87. The van der Waals surface area contributed by atoms with E-state index < -0.39 is 0 Å². The summed E-state index contributed by atoms with van der Waals surface area (Å²) in [4.78, 5) is 8.35. The van der Waals surface area contributed by atoms with E-state index in [1.54, 1.807) is 19.5 Å². The summed E-state index contributed by atoms with van der Waals surface area (Å²) in [5.74, 6) is 0.746. The lowest BCUT2D eigenvalue weighted by atomic mass is 10.1. The van der Waals surface area contributed by atoms with Gasteiger partial charge < -0.3 is 10.5 Å². The molecule has 4 nitrogen and oxygen atoms in total. The van der Waals surface area contributed by atoms with E-state index in [1.807, 2.05) is 24.3 Å². The molecule has 0 saturated heterocycles. The van der Waals surface area contributed by atoms with Crippen molar-refractivity contribution >= 4 is 26.7 Å². The quantitative estimate of drug-likeness (QED) is 0.766. The molecule has 3 aromatic rings. The Bertz CT molecular complexity index is 694. The van der Waals surface area contributed by atoms with E-state index in [1.165, 1.54) is 11.3 Å². The molecule has 5 heteroatoms. The summed E-state index contributed by atoms with van der Waals surface area (Å²) in [7, 11) is 1.64. The number of thiazole rings is 1. The van der Waals surface area contributed by atoms with Crippen molar-refractivity contribution < 1.29 is 4.74 Å². The summed E-state index contributed by atoms with van der Waals surface area (Å²) in [6.07, 6.45) is 3.55. The lowest BCUT2D eigenvalue weighted by Gasteiger charge is -2.05. The molecule has 0 aliphatic heterocycles. The third kappa shape index (κ3) is 1.69. The maximum atomic E-state index is 5.80. The molecule has 18 heavy (non-hydrogen) atoms. The first kappa shape index (κ1) is 11.0. The van der Waals surface area contributed by atoms with Crippen molar-refractivity contribution in [3.63, 3.8) is 0 Å². The van der Waals surface area contributed by atoms with Gasteiger partial charge in [-0.3, -0.25) is 4.98 Å². The minimum Gasteiger partial charge on any atom is -0.494 e. The SMILES string of the molecule is COc1ccc(-c2ccncc2)c2sc(N)nc12. The third-order valence-electron chi connectivity index (χ3n) is 2.73. The van der Waals surface area contributed by atoms with Crippen LogP contribution in [0.2, 0.25) is 0 Å². The zero-order valence-electron chi connectivity index (χ0n) is 9.75. The van der Waals surface area contributed by atoms with E-state index in [4.69, 9.17) is 10.5 Å². The third-order valence-corrected chi connectivity index (χ3v) is 3.65. The summed E-state index contributed by atoms with van der Waals surface area (Å²) in [5.41, 5.74) is 8.81. The van der Waals surface area contributed by atoms with Crippen molar-refractivity contribution in [3.05, 3.63) is 36.7 Å². The molecule has 0 fully saturated rings. The Morgan fingerprint density at radius 2 is 1.94 bits per heavy atom. The van der Waals surface area contributed by atoms with Gasteiger partial charge in [-0.15, -0.1) is 0 Å². The molecule has 0 aliphatic rings. The van der Waals surface area contributed by atoms with Crippen molar-refractivity contribution in [1.29, 1.82) is 0 Å². The van der Waals surface area contributed by atoms with Crippen LogP contribution in [0.25, 0.3) is 21.3 Å². The maximum Gasteiger partial charge on any atom is 0.181 e. The predicted molar refractivity (Wildman–Crippen MR) is 73.8 cm³/mol. The van der Waals surface area contributed by atoms with Crippen LogP contribution < -0.4 is 10.5 Å². The summed E-state index contributed by atoms with van der Waals surface area (Å²) < 4.78 is 6.35. The molecule has 90 valence electrons. The zero-order chi connectivity index (χ0) is 12.5. The molecule has 2 N–H and O–H groups in total. The molecule has 0 bridgehead atoms. The summed E-state index contributed by atoms with van der Waals surface area (Å²) >= 11 is 1.47. The average Bonchev–Trinajstić information content (AvgIpc) is 2.80. The number of benzene rings is 1. The van der Waals surface area contributed by atoms with E-state index in [9.17, 15) is 0 Å². The molecule has 3 rings (SSSR count). The summed E-state index contributed by atoms with van der Waals surface area (Å²) in [5, 5.41) is 0.546. The van der Waals surface area contributed by atoms with E-state index in [0.29, 0.717) is 5.13 Å². The van der Waals surface area contributed by atoms with Crippen LogP contribution in [0, 0.1) is 0 Å². The zero-order valence-corrected chi connectivity index (χ0v) is 10.6. The first-order chi connectivity index (χ1) is 8.79. The van der Waals surface area contributed by atoms with Gasteiger partial charge in [0.25, 0.3) is 0 Å². The number of methoxy groups -OCH3 is 1. The van der Waals surface area contributed by atoms with Crippen molar-refractivity contribution in [2.45, 2.75) is 0 Å². The van der Waals surface area contributed by atoms with Gasteiger partial charge in [0.15, 0.2) is 5.13 Å².